The lowest BCUT2D eigenvalue weighted by Crippen LogP contribution is -2.38. The molecule has 1 aromatic heterocycles. The maximum atomic E-state index is 12.5. The van der Waals surface area contributed by atoms with Crippen LogP contribution >= 0.6 is 0 Å². The van der Waals surface area contributed by atoms with Gasteiger partial charge in [0.1, 0.15) is 0 Å². The normalized spacial score (nSPS) is 22.6. The van der Waals surface area contributed by atoms with Crippen molar-refractivity contribution in [3.63, 3.8) is 0 Å². The monoisotopic (exact) mass is 356 g/mol. The molecule has 2 amide bonds. The molecule has 2 aliphatic carbocycles. The summed E-state index contributed by atoms with van der Waals surface area (Å²) in [5, 5.41) is 7.63. The summed E-state index contributed by atoms with van der Waals surface area (Å²) in [7, 11) is 0. The second kappa shape index (κ2) is 7.64. The maximum absolute atomic E-state index is 12.5. The average molecular weight is 356 g/mol. The van der Waals surface area contributed by atoms with Crippen LogP contribution in [0.25, 0.3) is 0 Å². The molecule has 0 unspecified atom stereocenters. The minimum absolute atomic E-state index is 0.162. The van der Waals surface area contributed by atoms with Crippen molar-refractivity contribution >= 4 is 11.8 Å². The Morgan fingerprint density at radius 1 is 1.19 bits per heavy atom. The number of nitrogens with one attached hydrogen (secondary N) is 1. The van der Waals surface area contributed by atoms with Crippen LogP contribution in [0.1, 0.15) is 56.3 Å². The molecule has 1 atom stereocenters. The molecule has 0 aromatic carbocycles. The SMILES string of the molecule is O=C(NCc1cc2n(n1)CCN(C(=O)C[C@H]1C=CCC1)C2)C1CCCC1. The summed E-state index contributed by atoms with van der Waals surface area (Å²) in [5.41, 5.74) is 1.95. The van der Waals surface area contributed by atoms with Crippen LogP contribution < -0.4 is 5.32 Å². The van der Waals surface area contributed by atoms with E-state index in [0.29, 0.717) is 25.4 Å². The molecular weight excluding hydrogens is 328 g/mol. The molecule has 0 bridgehead atoms. The lowest BCUT2D eigenvalue weighted by Gasteiger charge is -2.28. The molecule has 1 saturated carbocycles. The van der Waals surface area contributed by atoms with Gasteiger partial charge in [0, 0.05) is 18.9 Å². The summed E-state index contributed by atoms with van der Waals surface area (Å²) in [4.78, 5) is 26.7. The highest BCUT2D eigenvalue weighted by Crippen LogP contribution is 2.25. The van der Waals surface area contributed by atoms with Crippen LogP contribution in [-0.4, -0.2) is 33.0 Å². The Bertz CT molecular complexity index is 703. The fourth-order valence-electron chi connectivity index (χ4n) is 4.35. The quantitative estimate of drug-likeness (QED) is 0.824. The van der Waals surface area contributed by atoms with Crippen LogP contribution in [0.2, 0.25) is 0 Å². The number of hydrogen-bond donors (Lipinski definition) is 1. The van der Waals surface area contributed by atoms with E-state index in [1.54, 1.807) is 0 Å². The first kappa shape index (κ1) is 17.3. The molecule has 140 valence electrons. The summed E-state index contributed by atoms with van der Waals surface area (Å²) in [5.74, 6) is 1.00. The Hall–Kier alpha value is -2.11. The van der Waals surface area contributed by atoms with Crippen molar-refractivity contribution in [3.05, 3.63) is 29.6 Å². The van der Waals surface area contributed by atoms with Gasteiger partial charge in [0.15, 0.2) is 0 Å². The number of allylic oxidation sites excluding steroid dienone is 2. The minimum atomic E-state index is 0.162. The summed E-state index contributed by atoms with van der Waals surface area (Å²) < 4.78 is 1.98. The molecule has 6 heteroatoms. The van der Waals surface area contributed by atoms with E-state index in [-0.39, 0.29) is 17.7 Å². The van der Waals surface area contributed by atoms with E-state index in [9.17, 15) is 9.59 Å². The van der Waals surface area contributed by atoms with Crippen molar-refractivity contribution in [3.8, 4) is 0 Å². The number of hydrogen-bond acceptors (Lipinski definition) is 3. The summed E-state index contributed by atoms with van der Waals surface area (Å²) in [6.07, 6.45) is 11.5. The fourth-order valence-corrected chi connectivity index (χ4v) is 4.35. The Kier molecular flexibility index (Phi) is 5.09. The van der Waals surface area contributed by atoms with Gasteiger partial charge in [-0.3, -0.25) is 14.3 Å². The van der Waals surface area contributed by atoms with E-state index >= 15 is 0 Å². The van der Waals surface area contributed by atoms with Crippen molar-refractivity contribution in [2.75, 3.05) is 6.54 Å². The van der Waals surface area contributed by atoms with E-state index < -0.39 is 0 Å². The highest BCUT2D eigenvalue weighted by atomic mass is 16.2. The summed E-state index contributed by atoms with van der Waals surface area (Å²) in [6.45, 7) is 2.56. The summed E-state index contributed by atoms with van der Waals surface area (Å²) in [6, 6.07) is 2.03. The van der Waals surface area contributed by atoms with Gasteiger partial charge >= 0.3 is 0 Å². The third kappa shape index (κ3) is 3.84. The first-order chi connectivity index (χ1) is 12.7. The molecule has 1 N–H and O–H groups in total. The molecule has 3 aliphatic rings. The number of carbonyl (C=O) groups is 2. The van der Waals surface area contributed by atoms with Crippen LogP contribution in [0.3, 0.4) is 0 Å². The lowest BCUT2D eigenvalue weighted by atomic mass is 10.0. The number of carbonyl (C=O) groups excluding carboxylic acids is 2. The standard InChI is InChI=1S/C20H28N4O2/c25-19(11-15-5-1-2-6-15)23-9-10-24-18(14-23)12-17(22-24)13-21-20(26)16-7-3-4-8-16/h1,5,12,15-16H,2-4,6-11,13-14H2,(H,21,26)/t15-/m0/s1. The van der Waals surface area contributed by atoms with E-state index in [1.165, 1.54) is 0 Å². The van der Waals surface area contributed by atoms with Crippen LogP contribution in [-0.2, 0) is 29.2 Å². The third-order valence-electron chi connectivity index (χ3n) is 5.92. The molecule has 0 radical (unpaired) electrons. The van der Waals surface area contributed by atoms with Crippen molar-refractivity contribution in [2.45, 2.75) is 64.6 Å². The first-order valence-electron chi connectivity index (χ1n) is 9.97. The smallest absolute Gasteiger partial charge is 0.223 e. The van der Waals surface area contributed by atoms with Crippen LogP contribution in [0.4, 0.5) is 0 Å². The molecule has 1 aromatic rings. The zero-order chi connectivity index (χ0) is 17.9. The van der Waals surface area contributed by atoms with Gasteiger partial charge in [0.2, 0.25) is 11.8 Å². The molecular formula is C20H28N4O2. The molecule has 1 aliphatic heterocycles. The second-order valence-corrected chi connectivity index (χ2v) is 7.83. The maximum Gasteiger partial charge on any atom is 0.223 e. The molecule has 26 heavy (non-hydrogen) atoms. The van der Waals surface area contributed by atoms with E-state index in [2.05, 4.69) is 22.6 Å². The Morgan fingerprint density at radius 3 is 2.81 bits per heavy atom. The van der Waals surface area contributed by atoms with Gasteiger partial charge in [-0.15, -0.1) is 0 Å². The molecule has 4 rings (SSSR count). The van der Waals surface area contributed by atoms with Crippen molar-refractivity contribution in [1.82, 2.24) is 20.0 Å². The first-order valence-corrected chi connectivity index (χ1v) is 9.97. The Morgan fingerprint density at radius 2 is 2.04 bits per heavy atom. The van der Waals surface area contributed by atoms with Gasteiger partial charge in [0.25, 0.3) is 0 Å². The van der Waals surface area contributed by atoms with Crippen molar-refractivity contribution in [2.24, 2.45) is 11.8 Å². The zero-order valence-electron chi connectivity index (χ0n) is 15.3. The van der Waals surface area contributed by atoms with Crippen LogP contribution in [0.5, 0.6) is 0 Å². The lowest BCUT2D eigenvalue weighted by molar-refractivity contribution is -0.133. The molecule has 6 nitrogen and oxygen atoms in total. The minimum Gasteiger partial charge on any atom is -0.350 e. The van der Waals surface area contributed by atoms with E-state index in [4.69, 9.17) is 0 Å². The van der Waals surface area contributed by atoms with Crippen molar-refractivity contribution < 1.29 is 9.59 Å². The number of nitrogens with zero attached hydrogens (tertiary/aromatic N) is 3. The fraction of sp³-hybridized carbons (Fsp3) is 0.650. The number of amides is 2. The molecule has 2 heterocycles. The van der Waals surface area contributed by atoms with Crippen LogP contribution in [0.15, 0.2) is 18.2 Å². The second-order valence-electron chi connectivity index (χ2n) is 7.83. The molecule has 0 saturated heterocycles. The Balaban J connectivity index is 1.31. The largest absolute Gasteiger partial charge is 0.350 e. The van der Waals surface area contributed by atoms with Crippen LogP contribution in [0, 0.1) is 11.8 Å². The number of rotatable bonds is 5. The highest BCUT2D eigenvalue weighted by molar-refractivity contribution is 5.78. The average Bonchev–Trinajstić information content (AvgIpc) is 3.39. The summed E-state index contributed by atoms with van der Waals surface area (Å²) >= 11 is 0. The molecule has 0 spiro atoms. The van der Waals surface area contributed by atoms with Crippen molar-refractivity contribution in [1.29, 1.82) is 0 Å². The van der Waals surface area contributed by atoms with E-state index in [0.717, 1.165) is 63.0 Å². The predicted molar refractivity (Wildman–Crippen MR) is 97.9 cm³/mol. The van der Waals surface area contributed by atoms with E-state index in [1.807, 2.05) is 15.6 Å². The predicted octanol–water partition coefficient (Wildman–Crippen LogP) is 2.39. The van der Waals surface area contributed by atoms with Gasteiger partial charge in [-0.2, -0.15) is 5.10 Å². The number of aromatic nitrogens is 2. The number of fused-ring (bicyclic) bond motifs is 1. The van der Waals surface area contributed by atoms with Gasteiger partial charge in [-0.25, -0.2) is 0 Å². The third-order valence-corrected chi connectivity index (χ3v) is 5.92. The highest BCUT2D eigenvalue weighted by Gasteiger charge is 2.25. The van der Waals surface area contributed by atoms with Gasteiger partial charge in [-0.05, 0) is 37.7 Å². The zero-order valence-corrected chi connectivity index (χ0v) is 15.3. The molecule has 1 fully saturated rings. The van der Waals surface area contributed by atoms with Gasteiger partial charge < -0.3 is 10.2 Å². The topological polar surface area (TPSA) is 67.2 Å². The van der Waals surface area contributed by atoms with Gasteiger partial charge in [-0.1, -0.05) is 25.0 Å². The Labute approximate surface area is 154 Å². The van der Waals surface area contributed by atoms with Gasteiger partial charge in [0.05, 0.1) is 31.0 Å².